The highest BCUT2D eigenvalue weighted by Gasteiger charge is 2.16. The zero-order chi connectivity index (χ0) is 17.7. The van der Waals surface area contributed by atoms with Gasteiger partial charge in [0.05, 0.1) is 23.9 Å². The number of rotatable bonds is 6. The van der Waals surface area contributed by atoms with Gasteiger partial charge in [0.1, 0.15) is 5.75 Å². The molecule has 2 rings (SSSR count). The van der Waals surface area contributed by atoms with Crippen molar-refractivity contribution in [3.8, 4) is 17.2 Å². The van der Waals surface area contributed by atoms with Crippen LogP contribution in [0.1, 0.15) is 29.3 Å². The summed E-state index contributed by atoms with van der Waals surface area (Å²) in [7, 11) is 1.52. The zero-order valence-electron chi connectivity index (χ0n) is 13.9. The zero-order valence-corrected chi connectivity index (χ0v) is 15.4. The molecule has 0 spiro atoms. The van der Waals surface area contributed by atoms with Gasteiger partial charge in [-0.2, -0.15) is 0 Å². The van der Waals surface area contributed by atoms with E-state index in [1.165, 1.54) is 7.11 Å². The van der Waals surface area contributed by atoms with Crippen LogP contribution in [0.2, 0.25) is 0 Å². The second kappa shape index (κ2) is 8.06. The van der Waals surface area contributed by atoms with Crippen LogP contribution < -0.4 is 14.8 Å². The third-order valence-corrected chi connectivity index (χ3v) is 3.93. The molecular formula is C18H20BrNO4. The smallest absolute Gasteiger partial charge is 0.255 e. The number of aryl methyl sites for hydroxylation is 1. The molecule has 2 aromatic carbocycles. The number of carbonyl (C=O) groups excluding carboxylic acids is 1. The fourth-order valence-electron chi connectivity index (χ4n) is 2.14. The van der Waals surface area contributed by atoms with E-state index in [9.17, 15) is 9.90 Å². The second-order valence-corrected chi connectivity index (χ2v) is 6.17. The average Bonchev–Trinajstić information content (AvgIpc) is 2.55. The number of methoxy groups -OCH3 is 1. The molecule has 1 amide bonds. The fourth-order valence-corrected chi connectivity index (χ4v) is 2.69. The topological polar surface area (TPSA) is 67.8 Å². The summed E-state index contributed by atoms with van der Waals surface area (Å²) < 4.78 is 11.6. The molecule has 128 valence electrons. The molecule has 0 aliphatic heterocycles. The number of nitrogens with one attached hydrogen (secondary N) is 1. The second-order valence-electron chi connectivity index (χ2n) is 5.31. The lowest BCUT2D eigenvalue weighted by atomic mass is 10.1. The average molecular weight is 394 g/mol. The SMILES string of the molecule is CCCOc1c(Br)cc(C(=O)Nc2ccc(C)cc2O)cc1OC. The molecule has 0 saturated heterocycles. The lowest BCUT2D eigenvalue weighted by Gasteiger charge is -2.14. The molecule has 0 bridgehead atoms. The third-order valence-electron chi connectivity index (χ3n) is 3.34. The summed E-state index contributed by atoms with van der Waals surface area (Å²) in [4.78, 5) is 12.5. The molecule has 6 heteroatoms. The van der Waals surface area contributed by atoms with Crippen molar-refractivity contribution in [3.63, 3.8) is 0 Å². The van der Waals surface area contributed by atoms with E-state index in [2.05, 4.69) is 21.2 Å². The van der Waals surface area contributed by atoms with E-state index in [0.29, 0.717) is 33.8 Å². The van der Waals surface area contributed by atoms with E-state index >= 15 is 0 Å². The minimum atomic E-state index is -0.352. The lowest BCUT2D eigenvalue weighted by molar-refractivity contribution is 0.102. The first kappa shape index (κ1) is 18.1. The molecule has 0 fully saturated rings. The number of carbonyl (C=O) groups is 1. The Bertz CT molecular complexity index is 746. The molecule has 0 atom stereocenters. The molecular weight excluding hydrogens is 374 g/mol. The van der Waals surface area contributed by atoms with Gasteiger partial charge in [0, 0.05) is 5.56 Å². The van der Waals surface area contributed by atoms with Gasteiger partial charge in [-0.15, -0.1) is 0 Å². The first-order chi connectivity index (χ1) is 11.5. The molecule has 0 aromatic heterocycles. The minimum Gasteiger partial charge on any atom is -0.506 e. The maximum absolute atomic E-state index is 12.5. The van der Waals surface area contributed by atoms with Gasteiger partial charge in [0.2, 0.25) is 0 Å². The molecule has 0 unspecified atom stereocenters. The van der Waals surface area contributed by atoms with E-state index in [4.69, 9.17) is 9.47 Å². The predicted octanol–water partition coefficient (Wildman–Crippen LogP) is 4.51. The Labute approximate surface area is 149 Å². The molecule has 0 saturated carbocycles. The standard InChI is InChI=1S/C18H20BrNO4/c1-4-7-24-17-13(19)9-12(10-16(17)23-3)18(22)20-14-6-5-11(2)8-15(14)21/h5-6,8-10,21H,4,7H2,1-3H3,(H,20,22). The summed E-state index contributed by atoms with van der Waals surface area (Å²) in [6.07, 6.45) is 0.866. The number of amides is 1. The minimum absolute atomic E-state index is 0.0253. The summed E-state index contributed by atoms with van der Waals surface area (Å²) in [6.45, 7) is 4.43. The van der Waals surface area contributed by atoms with Crippen molar-refractivity contribution < 1.29 is 19.4 Å². The number of hydrogen-bond acceptors (Lipinski definition) is 4. The Balaban J connectivity index is 2.27. The molecule has 2 N–H and O–H groups in total. The fraction of sp³-hybridized carbons (Fsp3) is 0.278. The molecule has 2 aromatic rings. The molecule has 0 aliphatic carbocycles. The van der Waals surface area contributed by atoms with Crippen LogP contribution in [0.25, 0.3) is 0 Å². The van der Waals surface area contributed by atoms with Gasteiger partial charge in [-0.3, -0.25) is 4.79 Å². The van der Waals surface area contributed by atoms with Crippen molar-refractivity contribution in [3.05, 3.63) is 45.9 Å². The van der Waals surface area contributed by atoms with E-state index < -0.39 is 0 Å². The van der Waals surface area contributed by atoms with Crippen LogP contribution >= 0.6 is 15.9 Å². The molecule has 0 radical (unpaired) electrons. The van der Waals surface area contributed by atoms with Crippen LogP contribution in [0.4, 0.5) is 5.69 Å². The number of ether oxygens (including phenoxy) is 2. The van der Waals surface area contributed by atoms with Crippen LogP contribution in [0.15, 0.2) is 34.8 Å². The molecule has 0 aliphatic rings. The highest BCUT2D eigenvalue weighted by Crippen LogP contribution is 2.37. The summed E-state index contributed by atoms with van der Waals surface area (Å²) in [5, 5.41) is 12.6. The van der Waals surface area contributed by atoms with Gasteiger partial charge < -0.3 is 19.9 Å². The predicted molar refractivity (Wildman–Crippen MR) is 97.3 cm³/mol. The van der Waals surface area contributed by atoms with Crippen LogP contribution in [0, 0.1) is 6.92 Å². The molecule has 24 heavy (non-hydrogen) atoms. The number of aromatic hydroxyl groups is 1. The number of hydrogen-bond donors (Lipinski definition) is 2. The van der Waals surface area contributed by atoms with E-state index in [-0.39, 0.29) is 11.7 Å². The van der Waals surface area contributed by atoms with Gasteiger partial charge in [0.25, 0.3) is 5.91 Å². The number of anilines is 1. The Hall–Kier alpha value is -2.21. The first-order valence-corrected chi connectivity index (χ1v) is 8.36. The van der Waals surface area contributed by atoms with E-state index in [1.807, 2.05) is 19.9 Å². The van der Waals surface area contributed by atoms with Gasteiger partial charge in [-0.25, -0.2) is 0 Å². The largest absolute Gasteiger partial charge is 0.506 e. The third kappa shape index (κ3) is 4.20. The number of benzene rings is 2. The van der Waals surface area contributed by atoms with Crippen molar-refractivity contribution in [2.45, 2.75) is 20.3 Å². The highest BCUT2D eigenvalue weighted by molar-refractivity contribution is 9.10. The summed E-state index contributed by atoms with van der Waals surface area (Å²) >= 11 is 3.41. The number of phenols is 1. The van der Waals surface area contributed by atoms with E-state index in [0.717, 1.165) is 12.0 Å². The highest BCUT2D eigenvalue weighted by atomic mass is 79.9. The molecule has 5 nitrogen and oxygen atoms in total. The monoisotopic (exact) mass is 393 g/mol. The maximum Gasteiger partial charge on any atom is 0.255 e. The molecule has 0 heterocycles. The number of halogens is 1. The van der Waals surface area contributed by atoms with Crippen LogP contribution in [0.3, 0.4) is 0 Å². The Kier molecular flexibility index (Phi) is 6.09. The maximum atomic E-state index is 12.5. The van der Waals surface area contributed by atoms with Gasteiger partial charge in [-0.1, -0.05) is 13.0 Å². The Morgan fingerprint density at radius 1 is 1.29 bits per heavy atom. The first-order valence-electron chi connectivity index (χ1n) is 7.57. The Morgan fingerprint density at radius 3 is 2.67 bits per heavy atom. The van der Waals surface area contributed by atoms with E-state index in [1.54, 1.807) is 24.3 Å². The lowest BCUT2D eigenvalue weighted by Crippen LogP contribution is -2.12. The van der Waals surface area contributed by atoms with Crippen molar-refractivity contribution in [2.24, 2.45) is 0 Å². The normalized spacial score (nSPS) is 10.3. The van der Waals surface area contributed by atoms with Crippen LogP contribution in [0.5, 0.6) is 17.2 Å². The van der Waals surface area contributed by atoms with Crippen molar-refractivity contribution in [2.75, 3.05) is 19.0 Å². The Morgan fingerprint density at radius 2 is 2.04 bits per heavy atom. The number of phenolic OH excluding ortho intramolecular Hbond substituents is 1. The van der Waals surface area contributed by atoms with Gasteiger partial charge in [-0.05, 0) is 59.1 Å². The summed E-state index contributed by atoms with van der Waals surface area (Å²) in [5.74, 6) is 0.706. The van der Waals surface area contributed by atoms with Gasteiger partial charge >= 0.3 is 0 Å². The van der Waals surface area contributed by atoms with Crippen molar-refractivity contribution in [1.82, 2.24) is 0 Å². The van der Waals surface area contributed by atoms with Crippen molar-refractivity contribution in [1.29, 1.82) is 0 Å². The van der Waals surface area contributed by atoms with Crippen LogP contribution in [-0.4, -0.2) is 24.7 Å². The summed E-state index contributed by atoms with van der Waals surface area (Å²) in [5.41, 5.74) is 1.65. The summed E-state index contributed by atoms with van der Waals surface area (Å²) in [6, 6.07) is 8.33. The quantitative estimate of drug-likeness (QED) is 0.708. The van der Waals surface area contributed by atoms with Crippen LogP contribution in [-0.2, 0) is 0 Å². The van der Waals surface area contributed by atoms with Crippen molar-refractivity contribution >= 4 is 27.5 Å². The van der Waals surface area contributed by atoms with Gasteiger partial charge in [0.15, 0.2) is 11.5 Å².